The Bertz CT molecular complexity index is 1080. The molecule has 0 saturated carbocycles. The number of rotatable bonds is 7. The Hall–Kier alpha value is -3.45. The van der Waals surface area contributed by atoms with Gasteiger partial charge in [0.15, 0.2) is 0 Å². The zero-order valence-electron chi connectivity index (χ0n) is 14.7. The van der Waals surface area contributed by atoms with Crippen molar-refractivity contribution < 1.29 is 22.7 Å². The van der Waals surface area contributed by atoms with Crippen molar-refractivity contribution in [1.29, 1.82) is 0 Å². The van der Waals surface area contributed by atoms with Gasteiger partial charge in [0.2, 0.25) is 0 Å². The van der Waals surface area contributed by atoms with Crippen molar-refractivity contribution in [2.45, 2.75) is 11.5 Å². The molecule has 1 N–H and O–H groups in total. The van der Waals surface area contributed by atoms with Crippen LogP contribution in [0.4, 0.5) is 5.69 Å². The van der Waals surface area contributed by atoms with Gasteiger partial charge in [-0.25, -0.2) is 13.2 Å². The number of esters is 1. The van der Waals surface area contributed by atoms with Crippen LogP contribution in [0.5, 0.6) is 0 Å². The number of sulfonamides is 1. The van der Waals surface area contributed by atoms with E-state index in [1.807, 2.05) is 6.07 Å². The molecule has 0 aliphatic carbocycles. The summed E-state index contributed by atoms with van der Waals surface area (Å²) in [7, 11) is -3.90. The van der Waals surface area contributed by atoms with Gasteiger partial charge < -0.3 is 4.74 Å². The van der Waals surface area contributed by atoms with Gasteiger partial charge in [0.1, 0.15) is 6.61 Å². The second-order valence-corrected chi connectivity index (χ2v) is 7.54. The number of anilines is 1. The number of carbonyl (C=O) groups is 2. The van der Waals surface area contributed by atoms with Crippen LogP contribution in [0.15, 0.2) is 89.8 Å². The van der Waals surface area contributed by atoms with Crippen LogP contribution in [0.25, 0.3) is 0 Å². The predicted octanol–water partition coefficient (Wildman–Crippen LogP) is 3.41. The number of nitrogens with one attached hydrogen (secondary N) is 1. The molecule has 28 heavy (non-hydrogen) atoms. The third kappa shape index (κ3) is 4.63. The van der Waals surface area contributed by atoms with E-state index in [9.17, 15) is 18.0 Å². The fourth-order valence-corrected chi connectivity index (χ4v) is 3.57. The van der Waals surface area contributed by atoms with E-state index >= 15 is 0 Å². The Kier molecular flexibility index (Phi) is 5.86. The molecule has 142 valence electrons. The minimum absolute atomic E-state index is 0.00742. The highest BCUT2D eigenvalue weighted by atomic mass is 32.2. The zero-order chi connectivity index (χ0) is 20.0. The summed E-state index contributed by atoms with van der Waals surface area (Å²) in [5, 5.41) is 0. The van der Waals surface area contributed by atoms with E-state index in [0.29, 0.717) is 0 Å². The molecule has 0 radical (unpaired) electrons. The summed E-state index contributed by atoms with van der Waals surface area (Å²) in [5.41, 5.74) is 0.662. The number of para-hydroxylation sites is 1. The van der Waals surface area contributed by atoms with E-state index in [4.69, 9.17) is 4.74 Å². The van der Waals surface area contributed by atoms with E-state index in [0.717, 1.165) is 5.56 Å². The van der Waals surface area contributed by atoms with Gasteiger partial charge in [0.05, 0.1) is 16.1 Å². The van der Waals surface area contributed by atoms with Gasteiger partial charge in [-0.15, -0.1) is 0 Å². The monoisotopic (exact) mass is 395 g/mol. The third-order valence-electron chi connectivity index (χ3n) is 3.87. The molecule has 0 bridgehead atoms. The molecule has 6 nitrogen and oxygen atoms in total. The normalized spacial score (nSPS) is 10.9. The number of carbonyl (C=O) groups excluding carboxylic acids is 2. The fraction of sp³-hybridized carbons (Fsp3) is 0.0476. The van der Waals surface area contributed by atoms with Crippen LogP contribution in [0.2, 0.25) is 0 Å². The molecule has 0 aliphatic rings. The first kappa shape index (κ1) is 19.3. The topological polar surface area (TPSA) is 89.5 Å². The van der Waals surface area contributed by atoms with Crippen molar-refractivity contribution in [3.8, 4) is 0 Å². The summed E-state index contributed by atoms with van der Waals surface area (Å²) in [5.74, 6) is -1.99. The van der Waals surface area contributed by atoms with E-state index in [1.165, 1.54) is 30.3 Å². The molecule has 0 aliphatic heterocycles. The molecule has 0 amide bonds. The molecule has 0 unspecified atom stereocenters. The molecule has 0 atom stereocenters. The predicted molar refractivity (Wildman–Crippen MR) is 104 cm³/mol. The molecular formula is C21H17NO5S. The second kappa shape index (κ2) is 8.49. The van der Waals surface area contributed by atoms with Crippen molar-refractivity contribution in [1.82, 2.24) is 0 Å². The minimum Gasteiger partial charge on any atom is -0.455 e. The average Bonchev–Trinajstić information content (AvgIpc) is 2.73. The van der Waals surface area contributed by atoms with Crippen molar-refractivity contribution in [2.75, 3.05) is 4.72 Å². The molecule has 0 heterocycles. The quantitative estimate of drug-likeness (QED) is 0.376. The highest BCUT2D eigenvalue weighted by Gasteiger charge is 2.23. The molecule has 3 aromatic carbocycles. The summed E-state index contributed by atoms with van der Waals surface area (Å²) in [4.78, 5) is 24.7. The Morgan fingerprint density at radius 3 is 2.04 bits per heavy atom. The van der Waals surface area contributed by atoms with Crippen LogP contribution < -0.4 is 4.72 Å². The van der Waals surface area contributed by atoms with Gasteiger partial charge in [0.25, 0.3) is 15.8 Å². The standard InChI is InChI=1S/C21H17NO5S/c23-20(21(24)27-15-16-9-3-1-4-10-16)18-13-7-8-14-19(18)22-28(25,26)17-11-5-2-6-12-17/h1-14,22H,15H2. The average molecular weight is 395 g/mol. The first-order chi connectivity index (χ1) is 13.5. The summed E-state index contributed by atoms with van der Waals surface area (Å²) in [6, 6.07) is 22.6. The van der Waals surface area contributed by atoms with Crippen LogP contribution in [0, 0.1) is 0 Å². The molecule has 0 spiro atoms. The van der Waals surface area contributed by atoms with Crippen LogP contribution in [-0.2, 0) is 26.2 Å². The van der Waals surface area contributed by atoms with Crippen molar-refractivity contribution in [3.63, 3.8) is 0 Å². The largest absolute Gasteiger partial charge is 0.455 e. The lowest BCUT2D eigenvalue weighted by molar-refractivity contribution is -0.139. The Morgan fingerprint density at radius 1 is 0.786 bits per heavy atom. The van der Waals surface area contributed by atoms with Gasteiger partial charge in [0, 0.05) is 0 Å². The van der Waals surface area contributed by atoms with E-state index in [-0.39, 0.29) is 22.8 Å². The maximum atomic E-state index is 12.5. The molecule has 3 aromatic rings. The van der Waals surface area contributed by atoms with Crippen molar-refractivity contribution in [3.05, 3.63) is 96.1 Å². The SMILES string of the molecule is O=C(OCc1ccccc1)C(=O)c1ccccc1NS(=O)(=O)c1ccccc1. The highest BCUT2D eigenvalue weighted by Crippen LogP contribution is 2.21. The molecule has 3 rings (SSSR count). The molecule has 7 heteroatoms. The number of Topliss-reactive ketones (excluding diaryl/α,β-unsaturated/α-hetero) is 1. The van der Waals surface area contributed by atoms with Crippen LogP contribution in [-0.4, -0.2) is 20.2 Å². The van der Waals surface area contributed by atoms with Crippen LogP contribution in [0.3, 0.4) is 0 Å². The fourth-order valence-electron chi connectivity index (χ4n) is 2.47. The molecule has 0 saturated heterocycles. The summed E-state index contributed by atoms with van der Waals surface area (Å²) in [6.07, 6.45) is 0. The maximum absolute atomic E-state index is 12.5. The first-order valence-corrected chi connectivity index (χ1v) is 9.88. The van der Waals surface area contributed by atoms with Crippen LogP contribution >= 0.6 is 0 Å². The number of benzene rings is 3. The van der Waals surface area contributed by atoms with E-state index in [1.54, 1.807) is 48.5 Å². The second-order valence-electron chi connectivity index (χ2n) is 5.85. The molecule has 0 aromatic heterocycles. The number of ether oxygens (including phenoxy) is 1. The number of hydrogen-bond donors (Lipinski definition) is 1. The maximum Gasteiger partial charge on any atom is 0.380 e. The molecule has 0 fully saturated rings. The number of ketones is 1. The highest BCUT2D eigenvalue weighted by molar-refractivity contribution is 7.92. The number of hydrogen-bond acceptors (Lipinski definition) is 5. The van der Waals surface area contributed by atoms with E-state index < -0.39 is 21.8 Å². The Balaban J connectivity index is 1.78. The smallest absolute Gasteiger partial charge is 0.380 e. The lowest BCUT2D eigenvalue weighted by atomic mass is 10.1. The lowest BCUT2D eigenvalue weighted by Crippen LogP contribution is -2.21. The Labute approximate surface area is 162 Å². The van der Waals surface area contributed by atoms with Gasteiger partial charge in [-0.05, 0) is 29.8 Å². The Morgan fingerprint density at radius 2 is 1.36 bits per heavy atom. The third-order valence-corrected chi connectivity index (χ3v) is 5.25. The minimum atomic E-state index is -3.90. The van der Waals surface area contributed by atoms with Crippen LogP contribution in [0.1, 0.15) is 15.9 Å². The first-order valence-electron chi connectivity index (χ1n) is 8.39. The summed E-state index contributed by atoms with van der Waals surface area (Å²) in [6.45, 7) is -0.0523. The van der Waals surface area contributed by atoms with Crippen molar-refractivity contribution in [2.24, 2.45) is 0 Å². The summed E-state index contributed by atoms with van der Waals surface area (Å²) < 4.78 is 32.4. The van der Waals surface area contributed by atoms with E-state index in [2.05, 4.69) is 4.72 Å². The zero-order valence-corrected chi connectivity index (χ0v) is 15.6. The summed E-state index contributed by atoms with van der Waals surface area (Å²) >= 11 is 0. The lowest BCUT2D eigenvalue weighted by Gasteiger charge is -2.12. The van der Waals surface area contributed by atoms with Gasteiger partial charge in [-0.2, -0.15) is 0 Å². The van der Waals surface area contributed by atoms with Crippen molar-refractivity contribution >= 4 is 27.5 Å². The van der Waals surface area contributed by atoms with Gasteiger partial charge in [-0.1, -0.05) is 60.7 Å². The van der Waals surface area contributed by atoms with Gasteiger partial charge in [-0.3, -0.25) is 9.52 Å². The molecular weight excluding hydrogens is 378 g/mol. The van der Waals surface area contributed by atoms with Gasteiger partial charge >= 0.3 is 5.97 Å².